The number of benzene rings is 2. The second kappa shape index (κ2) is 7.61. The SMILES string of the molecule is CC1c2cc(-c3c[nH]c4cc(F)ccc34)ccc2S(=O)N1CCN1CCNCC1=O. The molecule has 0 saturated carbocycles. The Labute approximate surface area is 176 Å². The van der Waals surface area contributed by atoms with Gasteiger partial charge >= 0.3 is 0 Å². The number of aromatic nitrogens is 1. The van der Waals surface area contributed by atoms with Gasteiger partial charge in [-0.25, -0.2) is 12.9 Å². The Bertz CT molecular complexity index is 1160. The molecule has 2 N–H and O–H groups in total. The summed E-state index contributed by atoms with van der Waals surface area (Å²) in [6.45, 7) is 5.05. The molecular formula is C22H23FN4O2S. The van der Waals surface area contributed by atoms with E-state index in [1.807, 2.05) is 27.5 Å². The van der Waals surface area contributed by atoms with Crippen LogP contribution in [-0.4, -0.2) is 57.0 Å². The molecule has 0 radical (unpaired) electrons. The average molecular weight is 427 g/mol. The van der Waals surface area contributed by atoms with Crippen molar-refractivity contribution < 1.29 is 13.4 Å². The number of H-pyrrole nitrogens is 1. The first kappa shape index (κ1) is 19.4. The monoisotopic (exact) mass is 426 g/mol. The highest BCUT2D eigenvalue weighted by Gasteiger charge is 2.34. The Kier molecular flexibility index (Phi) is 4.92. The van der Waals surface area contributed by atoms with Gasteiger partial charge in [-0.15, -0.1) is 0 Å². The topological polar surface area (TPSA) is 68.4 Å². The molecule has 3 heterocycles. The molecule has 1 amide bonds. The van der Waals surface area contributed by atoms with E-state index in [4.69, 9.17) is 0 Å². The van der Waals surface area contributed by atoms with Crippen LogP contribution in [0.4, 0.5) is 4.39 Å². The average Bonchev–Trinajstić information content (AvgIpc) is 3.26. The normalized spacial score (nSPS) is 22.1. The van der Waals surface area contributed by atoms with Crippen LogP contribution in [0.15, 0.2) is 47.5 Å². The van der Waals surface area contributed by atoms with Crippen LogP contribution in [-0.2, 0) is 15.8 Å². The molecule has 2 aliphatic heterocycles. The highest BCUT2D eigenvalue weighted by atomic mass is 32.2. The van der Waals surface area contributed by atoms with Crippen LogP contribution in [0, 0.1) is 5.82 Å². The Hall–Kier alpha value is -2.55. The minimum Gasteiger partial charge on any atom is -0.360 e. The zero-order chi connectivity index (χ0) is 20.8. The van der Waals surface area contributed by atoms with Crippen LogP contribution in [0.2, 0.25) is 0 Å². The number of nitrogens with one attached hydrogen (secondary N) is 2. The third-order valence-electron chi connectivity index (χ3n) is 6.03. The van der Waals surface area contributed by atoms with E-state index < -0.39 is 11.0 Å². The lowest BCUT2D eigenvalue weighted by molar-refractivity contribution is -0.132. The van der Waals surface area contributed by atoms with Crippen LogP contribution >= 0.6 is 0 Å². The van der Waals surface area contributed by atoms with Crippen molar-refractivity contribution in [2.75, 3.05) is 32.7 Å². The summed E-state index contributed by atoms with van der Waals surface area (Å²) in [5.74, 6) is -0.179. The van der Waals surface area contributed by atoms with E-state index in [1.54, 1.807) is 6.07 Å². The van der Waals surface area contributed by atoms with Crippen molar-refractivity contribution in [3.05, 3.63) is 54.0 Å². The predicted molar refractivity (Wildman–Crippen MR) is 115 cm³/mol. The second-order valence-electron chi connectivity index (χ2n) is 7.77. The first-order valence-electron chi connectivity index (χ1n) is 10.1. The molecule has 8 heteroatoms. The molecule has 1 saturated heterocycles. The molecule has 2 aromatic carbocycles. The van der Waals surface area contributed by atoms with Gasteiger partial charge in [-0.2, -0.15) is 0 Å². The van der Waals surface area contributed by atoms with Crippen molar-refractivity contribution in [2.24, 2.45) is 0 Å². The first-order chi connectivity index (χ1) is 14.5. The summed E-state index contributed by atoms with van der Waals surface area (Å²) in [4.78, 5) is 17.8. The van der Waals surface area contributed by atoms with Gasteiger partial charge in [-0.1, -0.05) is 6.07 Å². The van der Waals surface area contributed by atoms with Gasteiger partial charge in [-0.05, 0) is 48.4 Å². The summed E-state index contributed by atoms with van der Waals surface area (Å²) in [5, 5.41) is 4.03. The lowest BCUT2D eigenvalue weighted by Gasteiger charge is -2.29. The quantitative estimate of drug-likeness (QED) is 0.674. The molecule has 0 spiro atoms. The number of hydrogen-bond acceptors (Lipinski definition) is 3. The number of rotatable bonds is 4. The lowest BCUT2D eigenvalue weighted by Crippen LogP contribution is -2.50. The minimum absolute atomic E-state index is 0.0125. The number of carbonyl (C=O) groups is 1. The zero-order valence-corrected chi connectivity index (χ0v) is 17.5. The number of nitrogens with zero attached hydrogens (tertiary/aromatic N) is 2. The molecule has 0 aliphatic carbocycles. The molecule has 5 rings (SSSR count). The maximum Gasteiger partial charge on any atom is 0.236 e. The van der Waals surface area contributed by atoms with Gasteiger partial charge in [0, 0.05) is 54.9 Å². The van der Waals surface area contributed by atoms with Gasteiger partial charge in [0.1, 0.15) is 16.8 Å². The zero-order valence-electron chi connectivity index (χ0n) is 16.7. The molecule has 1 fully saturated rings. The largest absolute Gasteiger partial charge is 0.360 e. The standard InChI is InChI=1S/C22H23FN4O2S/c1-14-18-10-15(19-12-25-20-11-16(23)3-4-17(19)20)2-5-21(18)30(29)27(14)9-8-26-7-6-24-13-22(26)28/h2-5,10-12,14,24-25H,6-9,13H2,1H3. The minimum atomic E-state index is -1.24. The van der Waals surface area contributed by atoms with Crippen molar-refractivity contribution in [1.82, 2.24) is 19.5 Å². The van der Waals surface area contributed by atoms with Gasteiger partial charge in [0.25, 0.3) is 0 Å². The van der Waals surface area contributed by atoms with E-state index in [1.165, 1.54) is 12.1 Å². The number of piperazine rings is 1. The fourth-order valence-electron chi connectivity index (χ4n) is 4.34. The van der Waals surface area contributed by atoms with Crippen LogP contribution in [0.25, 0.3) is 22.0 Å². The van der Waals surface area contributed by atoms with E-state index >= 15 is 0 Å². The lowest BCUT2D eigenvalue weighted by atomic mass is 9.99. The van der Waals surface area contributed by atoms with Crippen LogP contribution < -0.4 is 5.32 Å². The summed E-state index contributed by atoms with van der Waals surface area (Å²) in [6, 6.07) is 10.7. The Balaban J connectivity index is 1.40. The van der Waals surface area contributed by atoms with Gasteiger partial charge < -0.3 is 15.2 Å². The number of carbonyl (C=O) groups excluding carboxylic acids is 1. The van der Waals surface area contributed by atoms with Crippen molar-refractivity contribution in [2.45, 2.75) is 17.9 Å². The predicted octanol–water partition coefficient (Wildman–Crippen LogP) is 2.81. The van der Waals surface area contributed by atoms with Crippen LogP contribution in [0.3, 0.4) is 0 Å². The number of aromatic amines is 1. The van der Waals surface area contributed by atoms with E-state index in [9.17, 15) is 13.4 Å². The molecular weight excluding hydrogens is 403 g/mol. The van der Waals surface area contributed by atoms with Crippen LogP contribution in [0.1, 0.15) is 18.5 Å². The molecule has 6 nitrogen and oxygen atoms in total. The van der Waals surface area contributed by atoms with Gasteiger partial charge in [-0.3, -0.25) is 4.79 Å². The van der Waals surface area contributed by atoms with Crippen molar-refractivity contribution in [3.63, 3.8) is 0 Å². The molecule has 0 bridgehead atoms. The maximum atomic E-state index is 13.5. The van der Waals surface area contributed by atoms with Gasteiger partial charge in [0.15, 0.2) is 0 Å². The number of amides is 1. The molecule has 2 atom stereocenters. The number of fused-ring (bicyclic) bond motifs is 2. The molecule has 2 aliphatic rings. The summed E-state index contributed by atoms with van der Waals surface area (Å²) < 4.78 is 28.5. The number of halogens is 1. The summed E-state index contributed by atoms with van der Waals surface area (Å²) in [6.07, 6.45) is 1.89. The fourth-order valence-corrected chi connectivity index (χ4v) is 5.86. The number of hydrogen-bond donors (Lipinski definition) is 2. The molecule has 30 heavy (non-hydrogen) atoms. The second-order valence-corrected chi connectivity index (χ2v) is 9.18. The first-order valence-corrected chi connectivity index (χ1v) is 11.2. The summed E-state index contributed by atoms with van der Waals surface area (Å²) >= 11 is 0. The van der Waals surface area contributed by atoms with Crippen LogP contribution in [0.5, 0.6) is 0 Å². The third-order valence-corrected chi connectivity index (χ3v) is 7.70. The Morgan fingerprint density at radius 2 is 2.07 bits per heavy atom. The van der Waals surface area contributed by atoms with E-state index in [-0.39, 0.29) is 17.8 Å². The van der Waals surface area contributed by atoms with E-state index in [0.717, 1.165) is 39.0 Å². The smallest absolute Gasteiger partial charge is 0.236 e. The van der Waals surface area contributed by atoms with Gasteiger partial charge in [0.2, 0.25) is 5.91 Å². The molecule has 2 unspecified atom stereocenters. The van der Waals surface area contributed by atoms with Gasteiger partial charge in [0.05, 0.1) is 11.4 Å². The molecule has 3 aromatic rings. The summed E-state index contributed by atoms with van der Waals surface area (Å²) in [7, 11) is -1.24. The fraction of sp³-hybridized carbons (Fsp3) is 0.318. The Morgan fingerprint density at radius 3 is 2.90 bits per heavy atom. The third kappa shape index (κ3) is 3.25. The summed E-state index contributed by atoms with van der Waals surface area (Å²) in [5.41, 5.74) is 3.80. The molecule has 156 valence electrons. The van der Waals surface area contributed by atoms with Crippen molar-refractivity contribution >= 4 is 27.8 Å². The van der Waals surface area contributed by atoms with E-state index in [0.29, 0.717) is 26.2 Å². The highest BCUT2D eigenvalue weighted by Crippen LogP contribution is 2.40. The highest BCUT2D eigenvalue weighted by molar-refractivity contribution is 7.83. The Morgan fingerprint density at radius 1 is 1.20 bits per heavy atom. The van der Waals surface area contributed by atoms with E-state index in [2.05, 4.69) is 23.3 Å². The molecule has 1 aromatic heterocycles. The van der Waals surface area contributed by atoms with Crippen molar-refractivity contribution in [1.29, 1.82) is 0 Å². The maximum absolute atomic E-state index is 13.5. The van der Waals surface area contributed by atoms with Crippen molar-refractivity contribution in [3.8, 4) is 11.1 Å².